The van der Waals surface area contributed by atoms with Crippen LogP contribution in [0.4, 0.5) is 5.69 Å². The summed E-state index contributed by atoms with van der Waals surface area (Å²) in [4.78, 5) is 38.1. The zero-order chi connectivity index (χ0) is 20.4. The highest BCUT2D eigenvalue weighted by molar-refractivity contribution is 5.93. The number of nitro groups is 1. The molecule has 1 saturated heterocycles. The minimum absolute atomic E-state index is 0.00576. The predicted octanol–water partition coefficient (Wildman–Crippen LogP) is 3.35. The van der Waals surface area contributed by atoms with Crippen molar-refractivity contribution in [2.75, 3.05) is 0 Å². The second-order valence-electron chi connectivity index (χ2n) is 7.66. The van der Waals surface area contributed by atoms with Gasteiger partial charge in [-0.05, 0) is 36.1 Å². The Morgan fingerprint density at radius 1 is 1.10 bits per heavy atom. The zero-order valence-electron chi connectivity index (χ0n) is 16.0. The van der Waals surface area contributed by atoms with E-state index < -0.39 is 11.0 Å². The Balaban J connectivity index is 1.59. The normalized spacial score (nSPS) is 21.7. The Bertz CT molecular complexity index is 913. The quantitative estimate of drug-likeness (QED) is 0.463. The molecule has 1 N–H and O–H groups in total. The van der Waals surface area contributed by atoms with E-state index in [0.29, 0.717) is 12.1 Å². The molecule has 7 nitrogen and oxygen atoms in total. The van der Waals surface area contributed by atoms with Gasteiger partial charge in [-0.2, -0.15) is 0 Å². The van der Waals surface area contributed by atoms with Crippen molar-refractivity contribution in [1.29, 1.82) is 0 Å². The summed E-state index contributed by atoms with van der Waals surface area (Å²) in [6.07, 6.45) is 3.86. The molecule has 0 aromatic heterocycles. The largest absolute Gasteiger partial charge is 0.350 e. The molecule has 1 unspecified atom stereocenters. The smallest absolute Gasteiger partial charge is 0.269 e. The van der Waals surface area contributed by atoms with Crippen LogP contribution in [0.1, 0.15) is 42.9 Å². The van der Waals surface area contributed by atoms with E-state index in [9.17, 15) is 19.7 Å². The molecular formula is C22H23N3O4. The number of carbonyl (C=O) groups is 2. The maximum absolute atomic E-state index is 13.2. The number of fused-ring (bicyclic) bond motifs is 1. The van der Waals surface area contributed by atoms with Crippen molar-refractivity contribution in [3.8, 4) is 0 Å². The number of nitrogens with zero attached hydrogens (tertiary/aromatic N) is 2. The van der Waals surface area contributed by atoms with Crippen LogP contribution >= 0.6 is 0 Å². The second-order valence-corrected chi connectivity index (χ2v) is 7.66. The third-order valence-electron chi connectivity index (χ3n) is 5.91. The summed E-state index contributed by atoms with van der Waals surface area (Å²) >= 11 is 0. The summed E-state index contributed by atoms with van der Waals surface area (Å²) in [5.74, 6) is -0.251. The highest BCUT2D eigenvalue weighted by atomic mass is 16.6. The third kappa shape index (κ3) is 3.72. The van der Waals surface area contributed by atoms with Gasteiger partial charge in [0.15, 0.2) is 0 Å². The van der Waals surface area contributed by atoms with Gasteiger partial charge in [0.25, 0.3) is 5.69 Å². The van der Waals surface area contributed by atoms with Crippen LogP contribution in [0.3, 0.4) is 0 Å². The van der Waals surface area contributed by atoms with Gasteiger partial charge >= 0.3 is 0 Å². The van der Waals surface area contributed by atoms with Crippen molar-refractivity contribution >= 4 is 17.5 Å². The van der Waals surface area contributed by atoms with Crippen molar-refractivity contribution in [3.05, 3.63) is 75.8 Å². The lowest BCUT2D eigenvalue weighted by Crippen LogP contribution is -2.64. The van der Waals surface area contributed by atoms with Gasteiger partial charge < -0.3 is 10.2 Å². The fourth-order valence-electron chi connectivity index (χ4n) is 4.42. The molecule has 3 atom stereocenters. The van der Waals surface area contributed by atoms with Gasteiger partial charge in [0.05, 0.1) is 10.8 Å². The minimum Gasteiger partial charge on any atom is -0.350 e. The topological polar surface area (TPSA) is 92.5 Å². The first-order chi connectivity index (χ1) is 14.1. The van der Waals surface area contributed by atoms with E-state index >= 15 is 0 Å². The number of nitrogens with one attached hydrogen (secondary N) is 1. The number of non-ortho nitro benzene ring substituents is 1. The van der Waals surface area contributed by atoms with E-state index in [-0.39, 0.29) is 29.5 Å². The molecule has 29 heavy (non-hydrogen) atoms. The molecule has 0 spiro atoms. The summed E-state index contributed by atoms with van der Waals surface area (Å²) in [5, 5.41) is 13.9. The molecule has 2 aromatic carbocycles. The maximum atomic E-state index is 13.2. The number of amides is 2. The maximum Gasteiger partial charge on any atom is 0.269 e. The van der Waals surface area contributed by atoms with Crippen LogP contribution in [-0.2, 0) is 16.1 Å². The molecule has 1 aliphatic carbocycles. The Morgan fingerprint density at radius 2 is 1.79 bits per heavy atom. The monoisotopic (exact) mass is 393 g/mol. The van der Waals surface area contributed by atoms with Crippen molar-refractivity contribution < 1.29 is 14.5 Å². The Labute approximate surface area is 168 Å². The van der Waals surface area contributed by atoms with E-state index in [2.05, 4.69) is 5.32 Å². The van der Waals surface area contributed by atoms with Crippen LogP contribution in [0.15, 0.2) is 54.6 Å². The number of rotatable bonds is 6. The summed E-state index contributed by atoms with van der Waals surface area (Å²) in [6.45, 7) is 0.360. The second kappa shape index (κ2) is 8.03. The molecule has 1 aliphatic heterocycles. The van der Waals surface area contributed by atoms with Crippen LogP contribution in [0.5, 0.6) is 0 Å². The number of likely N-dealkylation sites (tertiary alicyclic amines) is 1. The molecule has 0 radical (unpaired) electrons. The molecule has 7 heteroatoms. The lowest BCUT2D eigenvalue weighted by Gasteiger charge is -2.52. The van der Waals surface area contributed by atoms with Crippen LogP contribution in [0.25, 0.3) is 0 Å². The highest BCUT2D eigenvalue weighted by Crippen LogP contribution is 2.43. The average molecular weight is 393 g/mol. The Hall–Kier alpha value is -3.22. The molecular weight excluding hydrogens is 370 g/mol. The number of benzene rings is 2. The van der Waals surface area contributed by atoms with Crippen LogP contribution in [0.2, 0.25) is 0 Å². The van der Waals surface area contributed by atoms with E-state index in [1.807, 2.05) is 30.3 Å². The van der Waals surface area contributed by atoms with Crippen molar-refractivity contribution in [1.82, 2.24) is 10.2 Å². The molecule has 1 heterocycles. The first kappa shape index (κ1) is 19.1. The summed E-state index contributed by atoms with van der Waals surface area (Å²) in [7, 11) is 0. The average Bonchev–Trinajstić information content (AvgIpc) is 2.76. The van der Waals surface area contributed by atoms with Gasteiger partial charge in [-0.15, -0.1) is 0 Å². The van der Waals surface area contributed by atoms with Gasteiger partial charge in [0, 0.05) is 24.7 Å². The lowest BCUT2D eigenvalue weighted by molar-refractivity contribution is -0.384. The first-order valence-electron chi connectivity index (χ1n) is 9.94. The molecule has 2 fully saturated rings. The summed E-state index contributed by atoms with van der Waals surface area (Å²) in [5.41, 5.74) is 1.52. The number of β-lactam (4-membered cyclic amide) rings is 1. The highest BCUT2D eigenvalue weighted by Gasteiger charge is 2.52. The lowest BCUT2D eigenvalue weighted by atomic mass is 9.74. The number of carbonyl (C=O) groups excluding carboxylic acids is 2. The van der Waals surface area contributed by atoms with Crippen LogP contribution < -0.4 is 5.32 Å². The molecule has 2 amide bonds. The molecule has 2 aliphatic rings. The molecule has 4 rings (SSSR count). The van der Waals surface area contributed by atoms with Crippen molar-refractivity contribution in [2.45, 2.75) is 44.3 Å². The first-order valence-corrected chi connectivity index (χ1v) is 9.94. The molecule has 1 saturated carbocycles. The Kier molecular flexibility index (Phi) is 5.29. The summed E-state index contributed by atoms with van der Waals surface area (Å²) in [6, 6.07) is 14.8. The van der Waals surface area contributed by atoms with Gasteiger partial charge in [0.1, 0.15) is 6.04 Å². The van der Waals surface area contributed by atoms with Crippen LogP contribution in [0, 0.1) is 16.0 Å². The zero-order valence-corrected chi connectivity index (χ0v) is 16.0. The van der Waals surface area contributed by atoms with Crippen LogP contribution in [-0.4, -0.2) is 27.7 Å². The van der Waals surface area contributed by atoms with E-state index in [4.69, 9.17) is 0 Å². The Morgan fingerprint density at radius 3 is 2.48 bits per heavy atom. The van der Waals surface area contributed by atoms with Gasteiger partial charge in [-0.1, -0.05) is 43.2 Å². The fraction of sp³-hybridized carbons (Fsp3) is 0.364. The number of hydrogen-bond donors (Lipinski definition) is 1. The van der Waals surface area contributed by atoms with Gasteiger partial charge in [-0.25, -0.2) is 0 Å². The molecule has 150 valence electrons. The van der Waals surface area contributed by atoms with E-state index in [0.717, 1.165) is 31.2 Å². The van der Waals surface area contributed by atoms with Gasteiger partial charge in [0.2, 0.25) is 11.8 Å². The number of hydrogen-bond acceptors (Lipinski definition) is 4. The van der Waals surface area contributed by atoms with Crippen molar-refractivity contribution in [2.24, 2.45) is 5.92 Å². The van der Waals surface area contributed by atoms with E-state index in [1.165, 1.54) is 12.1 Å². The van der Waals surface area contributed by atoms with E-state index in [1.54, 1.807) is 17.0 Å². The van der Waals surface area contributed by atoms with Gasteiger partial charge in [-0.3, -0.25) is 19.7 Å². The predicted molar refractivity (Wildman–Crippen MR) is 107 cm³/mol. The minimum atomic E-state index is -0.772. The molecule has 2 aromatic rings. The standard InChI is InChI=1S/C22H23N3O4/c26-21(23-14-15-6-2-1-3-7-15)20(16-10-12-17(13-11-16)25(28)29)24-19-9-5-4-8-18(19)22(24)27/h1-3,6-7,10-13,18-20H,4-5,8-9,14H2,(H,23,26)/t18-,19+,20?/m1/s1. The number of nitro benzene ring substituents is 1. The SMILES string of the molecule is O=C(NCc1ccccc1)C(c1ccc([N+](=O)[O-])cc1)N1C(=O)[C@@H]2CCCC[C@@H]21. The molecule has 0 bridgehead atoms. The summed E-state index contributed by atoms with van der Waals surface area (Å²) < 4.78 is 0. The fourth-order valence-corrected chi connectivity index (χ4v) is 4.42. The third-order valence-corrected chi connectivity index (χ3v) is 5.91. The van der Waals surface area contributed by atoms with Crippen molar-refractivity contribution in [3.63, 3.8) is 0 Å².